The summed E-state index contributed by atoms with van der Waals surface area (Å²) in [5, 5.41) is 2.82. The molecule has 0 aromatic carbocycles. The lowest BCUT2D eigenvalue weighted by molar-refractivity contribution is -0.124. The zero-order valence-corrected chi connectivity index (χ0v) is 14.3. The van der Waals surface area contributed by atoms with Gasteiger partial charge in [-0.3, -0.25) is 4.79 Å². The summed E-state index contributed by atoms with van der Waals surface area (Å²) >= 11 is 1.17. The second-order valence-corrected chi connectivity index (χ2v) is 8.58. The number of nitrogens with one attached hydrogen (secondary N) is 1. The number of carbonyl (C=O) groups excluding carboxylic acids is 1. The molecular formula is C14H19N3O3S2. The zero-order valence-electron chi connectivity index (χ0n) is 12.7. The molecule has 2 aromatic heterocycles. The lowest BCUT2D eigenvalue weighted by Gasteiger charge is -2.13. The topological polar surface area (TPSA) is 71.4 Å². The van der Waals surface area contributed by atoms with Crippen molar-refractivity contribution in [3.8, 4) is 0 Å². The first-order valence-corrected chi connectivity index (χ1v) is 8.99. The first-order chi connectivity index (χ1) is 10.3. The standard InChI is InChI=1S/C14H19N3O3S2/c1-11(17-8-4-5-9-17)14(18)15-10-12-6-7-13(21-12)22(19,20)16(2)3/h4-9,11H,10H2,1-3H3,(H,15,18)/t11-/m0/s1. The minimum absolute atomic E-state index is 0.110. The Kier molecular flexibility index (Phi) is 5.05. The van der Waals surface area contributed by atoms with Crippen LogP contribution in [0.15, 0.2) is 40.9 Å². The van der Waals surface area contributed by atoms with Crippen molar-refractivity contribution in [2.45, 2.75) is 23.7 Å². The third-order valence-corrected chi connectivity index (χ3v) is 6.63. The Hall–Kier alpha value is -1.64. The summed E-state index contributed by atoms with van der Waals surface area (Å²) in [6.45, 7) is 2.13. The van der Waals surface area contributed by atoms with E-state index in [9.17, 15) is 13.2 Å². The second-order valence-electron chi connectivity index (χ2n) is 5.03. The molecule has 1 atom stereocenters. The van der Waals surface area contributed by atoms with Gasteiger partial charge in [0.05, 0.1) is 6.54 Å². The largest absolute Gasteiger partial charge is 0.349 e. The van der Waals surface area contributed by atoms with Crippen LogP contribution in [-0.4, -0.2) is 37.3 Å². The highest BCUT2D eigenvalue weighted by Crippen LogP contribution is 2.23. The molecule has 0 aliphatic heterocycles. The highest BCUT2D eigenvalue weighted by Gasteiger charge is 2.20. The highest BCUT2D eigenvalue weighted by atomic mass is 32.2. The van der Waals surface area contributed by atoms with Crippen molar-refractivity contribution < 1.29 is 13.2 Å². The van der Waals surface area contributed by atoms with E-state index in [4.69, 9.17) is 0 Å². The van der Waals surface area contributed by atoms with Crippen molar-refractivity contribution >= 4 is 27.3 Å². The van der Waals surface area contributed by atoms with Gasteiger partial charge in [0.15, 0.2) is 0 Å². The van der Waals surface area contributed by atoms with E-state index in [1.165, 1.54) is 29.7 Å². The van der Waals surface area contributed by atoms with Crippen LogP contribution >= 0.6 is 11.3 Å². The maximum Gasteiger partial charge on any atom is 0.252 e. The van der Waals surface area contributed by atoms with Crippen LogP contribution in [0.1, 0.15) is 17.8 Å². The van der Waals surface area contributed by atoms with Gasteiger partial charge in [-0.2, -0.15) is 0 Å². The molecule has 1 N–H and O–H groups in total. The van der Waals surface area contributed by atoms with E-state index in [0.29, 0.717) is 6.54 Å². The predicted molar refractivity (Wildman–Crippen MR) is 86.2 cm³/mol. The van der Waals surface area contributed by atoms with Crippen LogP contribution in [0.3, 0.4) is 0 Å². The summed E-state index contributed by atoms with van der Waals surface area (Å²) < 4.78 is 27.3. The number of amides is 1. The normalized spacial score (nSPS) is 13.3. The molecular weight excluding hydrogens is 322 g/mol. The molecule has 6 nitrogen and oxygen atoms in total. The van der Waals surface area contributed by atoms with E-state index in [2.05, 4.69) is 5.32 Å². The number of nitrogens with zero attached hydrogens (tertiary/aromatic N) is 2. The second kappa shape index (κ2) is 6.64. The molecule has 2 heterocycles. The van der Waals surface area contributed by atoms with Crippen LogP contribution in [0.2, 0.25) is 0 Å². The summed E-state index contributed by atoms with van der Waals surface area (Å²) in [7, 11) is -0.421. The molecule has 2 rings (SSSR count). The SMILES string of the molecule is C[C@@H](C(=O)NCc1ccc(S(=O)(=O)N(C)C)s1)n1cccc1. The lowest BCUT2D eigenvalue weighted by Crippen LogP contribution is -2.29. The van der Waals surface area contributed by atoms with Gasteiger partial charge in [-0.1, -0.05) is 0 Å². The van der Waals surface area contributed by atoms with Crippen molar-refractivity contribution in [1.82, 2.24) is 14.2 Å². The van der Waals surface area contributed by atoms with Crippen LogP contribution in [-0.2, 0) is 21.4 Å². The van der Waals surface area contributed by atoms with E-state index in [1.807, 2.05) is 36.0 Å². The smallest absolute Gasteiger partial charge is 0.252 e. The molecule has 22 heavy (non-hydrogen) atoms. The summed E-state index contributed by atoms with van der Waals surface area (Å²) in [5.74, 6) is -0.110. The molecule has 0 saturated carbocycles. The molecule has 0 radical (unpaired) electrons. The number of rotatable bonds is 6. The quantitative estimate of drug-likeness (QED) is 0.869. The van der Waals surface area contributed by atoms with Crippen LogP contribution < -0.4 is 5.32 Å². The Labute approximate surface area is 134 Å². The van der Waals surface area contributed by atoms with Crippen LogP contribution in [0, 0.1) is 0 Å². The van der Waals surface area contributed by atoms with Gasteiger partial charge in [0.25, 0.3) is 10.0 Å². The van der Waals surface area contributed by atoms with Gasteiger partial charge in [-0.15, -0.1) is 11.3 Å². The third-order valence-electron chi connectivity index (χ3n) is 3.26. The Morgan fingerprint density at radius 2 is 1.95 bits per heavy atom. The molecule has 0 bridgehead atoms. The van der Waals surface area contributed by atoms with Crippen LogP contribution in [0.4, 0.5) is 0 Å². The number of hydrogen-bond acceptors (Lipinski definition) is 4. The summed E-state index contributed by atoms with van der Waals surface area (Å²) in [5.41, 5.74) is 0. The average molecular weight is 341 g/mol. The molecule has 120 valence electrons. The molecule has 0 unspecified atom stereocenters. The fraction of sp³-hybridized carbons (Fsp3) is 0.357. The molecule has 0 aliphatic rings. The van der Waals surface area contributed by atoms with Crippen LogP contribution in [0.25, 0.3) is 0 Å². The Morgan fingerprint density at radius 1 is 1.32 bits per heavy atom. The molecule has 0 fully saturated rings. The first-order valence-electron chi connectivity index (χ1n) is 6.74. The monoisotopic (exact) mass is 341 g/mol. The lowest BCUT2D eigenvalue weighted by atomic mass is 10.3. The minimum atomic E-state index is -3.41. The molecule has 1 amide bonds. The molecule has 8 heteroatoms. The zero-order chi connectivity index (χ0) is 16.3. The van der Waals surface area contributed by atoms with Gasteiger partial charge in [0.2, 0.25) is 5.91 Å². The fourth-order valence-corrected chi connectivity index (χ4v) is 4.30. The fourth-order valence-electron chi connectivity index (χ4n) is 1.84. The van der Waals surface area contributed by atoms with E-state index < -0.39 is 10.0 Å². The molecule has 2 aromatic rings. The third kappa shape index (κ3) is 3.57. The van der Waals surface area contributed by atoms with Gasteiger partial charge in [-0.25, -0.2) is 12.7 Å². The van der Waals surface area contributed by atoms with Crippen LogP contribution in [0.5, 0.6) is 0 Å². The van der Waals surface area contributed by atoms with Crippen molar-refractivity contribution in [2.75, 3.05) is 14.1 Å². The van der Waals surface area contributed by atoms with Gasteiger partial charge in [0.1, 0.15) is 10.3 Å². The van der Waals surface area contributed by atoms with E-state index in [0.717, 1.165) is 4.88 Å². The maximum absolute atomic E-state index is 12.1. The number of hydrogen-bond donors (Lipinski definition) is 1. The Morgan fingerprint density at radius 3 is 2.55 bits per heavy atom. The maximum atomic E-state index is 12.1. The number of sulfonamides is 1. The van der Waals surface area contributed by atoms with Gasteiger partial charge in [-0.05, 0) is 31.2 Å². The first kappa shape index (κ1) is 16.7. The van der Waals surface area contributed by atoms with E-state index in [-0.39, 0.29) is 16.2 Å². The predicted octanol–water partition coefficient (Wildman–Crippen LogP) is 1.68. The number of thiophene rings is 1. The van der Waals surface area contributed by atoms with E-state index in [1.54, 1.807) is 12.1 Å². The molecule has 0 aliphatic carbocycles. The van der Waals surface area contributed by atoms with Crippen molar-refractivity contribution in [2.24, 2.45) is 0 Å². The Bertz CT molecular complexity index is 733. The van der Waals surface area contributed by atoms with Crippen molar-refractivity contribution in [3.63, 3.8) is 0 Å². The van der Waals surface area contributed by atoms with Crippen molar-refractivity contribution in [3.05, 3.63) is 41.5 Å². The summed E-state index contributed by atoms with van der Waals surface area (Å²) in [6.07, 6.45) is 3.66. The van der Waals surface area contributed by atoms with Gasteiger partial charge in [0, 0.05) is 31.4 Å². The summed E-state index contributed by atoms with van der Waals surface area (Å²) in [6, 6.07) is 6.71. The number of aromatic nitrogens is 1. The van der Waals surface area contributed by atoms with Gasteiger partial charge >= 0.3 is 0 Å². The average Bonchev–Trinajstić information content (AvgIpc) is 3.14. The molecule has 0 saturated heterocycles. The van der Waals surface area contributed by atoms with Crippen molar-refractivity contribution in [1.29, 1.82) is 0 Å². The Balaban J connectivity index is 1.98. The number of carbonyl (C=O) groups is 1. The van der Waals surface area contributed by atoms with E-state index >= 15 is 0 Å². The minimum Gasteiger partial charge on any atom is -0.349 e. The summed E-state index contributed by atoms with van der Waals surface area (Å²) in [4.78, 5) is 12.9. The highest BCUT2D eigenvalue weighted by molar-refractivity contribution is 7.91. The molecule has 0 spiro atoms. The van der Waals surface area contributed by atoms with Gasteiger partial charge < -0.3 is 9.88 Å².